The molecule has 0 rings (SSSR count). The lowest BCUT2D eigenvalue weighted by Crippen LogP contribution is -2.07. The molecule has 0 N–H and O–H groups in total. The maximum Gasteiger partial charge on any atom is 0.0425 e. The first-order valence-electron chi connectivity index (χ1n) is 6.48. The first kappa shape index (κ1) is 20.6. The monoisotopic (exact) mass is 336 g/mol. The first-order valence-corrected chi connectivity index (χ1v) is 7.65. The molecule has 108 valence electrons. The molecule has 0 fully saturated rings. The van der Waals surface area contributed by atoms with E-state index >= 15 is 0 Å². The van der Waals surface area contributed by atoms with Gasteiger partial charge in [0, 0.05) is 9.20 Å². The molecule has 0 aromatic carbocycles. The van der Waals surface area contributed by atoms with Gasteiger partial charge in [-0.05, 0) is 68.2 Å². The number of alkyl halides is 2. The van der Waals surface area contributed by atoms with Crippen LogP contribution in [0.25, 0.3) is 0 Å². The van der Waals surface area contributed by atoms with E-state index in [-0.39, 0.29) is 9.20 Å². The van der Waals surface area contributed by atoms with Crippen LogP contribution >= 0.6 is 27.5 Å². The summed E-state index contributed by atoms with van der Waals surface area (Å²) in [5, 5.41) is 0. The second kappa shape index (κ2) is 9.20. The van der Waals surface area contributed by atoms with E-state index in [1.807, 2.05) is 13.8 Å². The van der Waals surface area contributed by atoms with Crippen molar-refractivity contribution in [2.75, 3.05) is 0 Å². The second-order valence-corrected chi connectivity index (χ2v) is 9.58. The van der Waals surface area contributed by atoms with Gasteiger partial charge in [0.25, 0.3) is 0 Å². The molecule has 0 heterocycles. The van der Waals surface area contributed by atoms with E-state index in [2.05, 4.69) is 69.6 Å². The number of hydrogen-bond donors (Lipinski definition) is 0. The topological polar surface area (TPSA) is 0 Å². The van der Waals surface area contributed by atoms with Gasteiger partial charge in [-0.15, -0.1) is 11.6 Å². The smallest absolute Gasteiger partial charge is 0.0425 e. The maximum atomic E-state index is 5.93. The minimum absolute atomic E-state index is 0.0722. The van der Waals surface area contributed by atoms with E-state index in [1.54, 1.807) is 0 Å². The fourth-order valence-electron chi connectivity index (χ4n) is 0.894. The second-order valence-electron chi connectivity index (χ2n) is 6.41. The van der Waals surface area contributed by atoms with E-state index in [0.717, 1.165) is 12.8 Å². The van der Waals surface area contributed by atoms with Crippen LogP contribution < -0.4 is 0 Å². The van der Waals surface area contributed by atoms with Gasteiger partial charge in [0.05, 0.1) is 0 Å². The van der Waals surface area contributed by atoms with Crippen molar-refractivity contribution in [3.05, 3.63) is 23.3 Å². The standard InChI is InChI=1S/C8H15Br.C8H15Cl/c2*1-7(2)5-6-8(3,4)9/h2*5H,6H2,1-4H3. The average molecular weight is 338 g/mol. The van der Waals surface area contributed by atoms with Gasteiger partial charge in [-0.25, -0.2) is 0 Å². The SMILES string of the molecule is CC(C)=CCC(C)(C)Br.CC(C)=CCC(C)(C)Cl. The summed E-state index contributed by atoms with van der Waals surface area (Å²) in [5.41, 5.74) is 2.73. The Bertz CT molecular complexity index is 236. The van der Waals surface area contributed by atoms with Crippen molar-refractivity contribution in [2.24, 2.45) is 0 Å². The van der Waals surface area contributed by atoms with Crippen LogP contribution in [0.15, 0.2) is 23.3 Å². The summed E-state index contributed by atoms with van der Waals surface area (Å²) < 4.78 is 0.268. The zero-order chi connectivity index (χ0) is 15.0. The zero-order valence-corrected chi connectivity index (χ0v) is 15.7. The molecular weight excluding hydrogens is 308 g/mol. The third-order valence-electron chi connectivity index (χ3n) is 1.99. The lowest BCUT2D eigenvalue weighted by molar-refractivity contribution is 0.709. The van der Waals surface area contributed by atoms with Gasteiger partial charge in [0.2, 0.25) is 0 Å². The summed E-state index contributed by atoms with van der Waals surface area (Å²) in [7, 11) is 0. The average Bonchev–Trinajstić information content (AvgIpc) is 2.10. The highest BCUT2D eigenvalue weighted by molar-refractivity contribution is 9.10. The number of allylic oxidation sites excluding steroid dienone is 4. The molecule has 0 saturated heterocycles. The van der Waals surface area contributed by atoms with E-state index in [9.17, 15) is 0 Å². The van der Waals surface area contributed by atoms with Crippen LogP contribution in [-0.2, 0) is 0 Å². The Morgan fingerprint density at radius 2 is 1.22 bits per heavy atom. The Morgan fingerprint density at radius 3 is 1.33 bits per heavy atom. The molecule has 18 heavy (non-hydrogen) atoms. The van der Waals surface area contributed by atoms with Crippen LogP contribution in [0.3, 0.4) is 0 Å². The number of rotatable bonds is 4. The Morgan fingerprint density at radius 1 is 0.889 bits per heavy atom. The minimum Gasteiger partial charge on any atom is -0.120 e. The number of hydrogen-bond acceptors (Lipinski definition) is 0. The molecular formula is C16H30BrCl. The zero-order valence-electron chi connectivity index (χ0n) is 13.3. The quantitative estimate of drug-likeness (QED) is 0.387. The summed E-state index contributed by atoms with van der Waals surface area (Å²) in [4.78, 5) is -0.0722. The first-order chi connectivity index (χ1) is 7.83. The molecule has 0 aliphatic rings. The molecule has 0 aliphatic carbocycles. The molecule has 0 aliphatic heterocycles. The van der Waals surface area contributed by atoms with E-state index < -0.39 is 0 Å². The Labute approximate surface area is 128 Å². The highest BCUT2D eigenvalue weighted by Gasteiger charge is 2.09. The van der Waals surface area contributed by atoms with Gasteiger partial charge in [-0.2, -0.15) is 0 Å². The molecule has 0 aromatic heterocycles. The molecule has 0 spiro atoms. The van der Waals surface area contributed by atoms with Crippen molar-refractivity contribution in [1.29, 1.82) is 0 Å². The van der Waals surface area contributed by atoms with Gasteiger partial charge in [0.15, 0.2) is 0 Å². The normalized spacial score (nSPS) is 11.2. The van der Waals surface area contributed by atoms with E-state index in [0.29, 0.717) is 0 Å². The van der Waals surface area contributed by atoms with Crippen LogP contribution in [0.4, 0.5) is 0 Å². The molecule has 0 atom stereocenters. The minimum atomic E-state index is -0.0722. The van der Waals surface area contributed by atoms with E-state index in [1.165, 1.54) is 11.1 Å². The maximum absolute atomic E-state index is 5.93. The van der Waals surface area contributed by atoms with Crippen LogP contribution in [0, 0.1) is 0 Å². The summed E-state index contributed by atoms with van der Waals surface area (Å²) in [6.07, 6.45) is 6.47. The largest absolute Gasteiger partial charge is 0.120 e. The van der Waals surface area contributed by atoms with Crippen molar-refractivity contribution in [3.63, 3.8) is 0 Å². The molecule has 0 nitrogen and oxygen atoms in total. The Balaban J connectivity index is 0. The molecule has 0 saturated carbocycles. The van der Waals surface area contributed by atoms with Gasteiger partial charge < -0.3 is 0 Å². The lowest BCUT2D eigenvalue weighted by atomic mass is 10.1. The fraction of sp³-hybridized carbons (Fsp3) is 0.750. The Hall–Kier alpha value is 0.250. The van der Waals surface area contributed by atoms with Crippen LogP contribution in [0.1, 0.15) is 68.2 Å². The summed E-state index contributed by atoms with van der Waals surface area (Å²) >= 11 is 9.50. The van der Waals surface area contributed by atoms with Crippen molar-refractivity contribution in [2.45, 2.75) is 77.4 Å². The predicted molar refractivity (Wildman–Crippen MR) is 91.0 cm³/mol. The predicted octanol–water partition coefficient (Wildman–Crippen LogP) is 6.88. The summed E-state index contributed by atoms with van der Waals surface area (Å²) in [5.74, 6) is 0. The van der Waals surface area contributed by atoms with Crippen molar-refractivity contribution in [3.8, 4) is 0 Å². The molecule has 0 amide bonds. The van der Waals surface area contributed by atoms with Gasteiger partial charge >= 0.3 is 0 Å². The third kappa shape index (κ3) is 25.2. The van der Waals surface area contributed by atoms with Crippen molar-refractivity contribution in [1.82, 2.24) is 0 Å². The highest BCUT2D eigenvalue weighted by Crippen LogP contribution is 2.21. The van der Waals surface area contributed by atoms with Gasteiger partial charge in [-0.1, -0.05) is 39.2 Å². The van der Waals surface area contributed by atoms with Crippen LogP contribution in [0.5, 0.6) is 0 Å². The van der Waals surface area contributed by atoms with Crippen LogP contribution in [0.2, 0.25) is 0 Å². The van der Waals surface area contributed by atoms with Gasteiger partial charge in [0.1, 0.15) is 0 Å². The highest BCUT2D eigenvalue weighted by atomic mass is 79.9. The molecule has 0 radical (unpaired) electrons. The molecule has 0 bridgehead atoms. The van der Waals surface area contributed by atoms with Crippen molar-refractivity contribution >= 4 is 27.5 Å². The molecule has 2 heteroatoms. The Kier molecular flexibility index (Phi) is 10.5. The summed E-state index contributed by atoms with van der Waals surface area (Å²) in [6.45, 7) is 16.8. The van der Waals surface area contributed by atoms with Crippen molar-refractivity contribution < 1.29 is 0 Å². The molecule has 0 unspecified atom stereocenters. The van der Waals surface area contributed by atoms with Gasteiger partial charge in [-0.3, -0.25) is 0 Å². The molecule has 0 aromatic rings. The van der Waals surface area contributed by atoms with Crippen LogP contribution in [-0.4, -0.2) is 9.20 Å². The van der Waals surface area contributed by atoms with E-state index in [4.69, 9.17) is 11.6 Å². The third-order valence-corrected chi connectivity index (χ3v) is 2.47. The fourth-order valence-corrected chi connectivity index (χ4v) is 1.13. The number of halogens is 2. The summed E-state index contributed by atoms with van der Waals surface area (Å²) in [6, 6.07) is 0. The lowest BCUT2D eigenvalue weighted by Gasteiger charge is -2.12.